The van der Waals surface area contributed by atoms with Crippen molar-refractivity contribution in [3.63, 3.8) is 0 Å². The molecule has 0 aliphatic carbocycles. The van der Waals surface area contributed by atoms with Gasteiger partial charge in [0.05, 0.1) is 23.1 Å². The van der Waals surface area contributed by atoms with Crippen molar-refractivity contribution in [3.05, 3.63) is 144 Å². The normalized spacial score (nSPS) is 16.3. The lowest BCUT2D eigenvalue weighted by Gasteiger charge is -2.33. The van der Waals surface area contributed by atoms with Crippen molar-refractivity contribution in [1.82, 2.24) is 19.2 Å². The second-order valence-corrected chi connectivity index (χ2v) is 12.4. The fourth-order valence-electron chi connectivity index (χ4n) is 8.62. The van der Waals surface area contributed by atoms with Crippen molar-refractivity contribution in [2.24, 2.45) is 0 Å². The third-order valence-corrected chi connectivity index (χ3v) is 10.3. The number of ether oxygens (including phenoxy) is 1. The Hall–Kier alpha value is -6.08. The van der Waals surface area contributed by atoms with E-state index in [0.717, 1.165) is 62.3 Å². The number of benzene rings is 3. The molecule has 0 radical (unpaired) electrons. The summed E-state index contributed by atoms with van der Waals surface area (Å²) in [5.41, 5.74) is 11.7. The van der Waals surface area contributed by atoms with Crippen LogP contribution in [0.2, 0.25) is 0 Å². The Morgan fingerprint density at radius 1 is 0.739 bits per heavy atom. The maximum Gasteiger partial charge on any atom is 0.397 e. The first-order valence-corrected chi connectivity index (χ1v) is 15.6. The first kappa shape index (κ1) is 24.3. The van der Waals surface area contributed by atoms with Gasteiger partial charge in [0.2, 0.25) is 5.69 Å². The van der Waals surface area contributed by atoms with Crippen molar-refractivity contribution < 1.29 is 14.0 Å². The van der Waals surface area contributed by atoms with Crippen LogP contribution in [0.5, 0.6) is 11.5 Å². The van der Waals surface area contributed by atoms with E-state index in [2.05, 4.69) is 128 Å². The molecule has 8 aromatic rings. The van der Waals surface area contributed by atoms with Crippen LogP contribution in [-0.2, 0) is 5.66 Å². The van der Waals surface area contributed by atoms with Crippen LogP contribution in [0.1, 0.15) is 22.5 Å². The number of nitrogens with zero attached hydrogens (tertiary/aromatic N) is 6. The van der Waals surface area contributed by atoms with Gasteiger partial charge in [0, 0.05) is 53.5 Å². The molecule has 8 heterocycles. The van der Waals surface area contributed by atoms with E-state index in [1.165, 1.54) is 27.4 Å². The maximum absolute atomic E-state index is 6.82. The molecule has 1 unspecified atom stereocenters. The van der Waals surface area contributed by atoms with Gasteiger partial charge < -0.3 is 4.74 Å². The quantitative estimate of drug-likeness (QED) is 0.204. The minimum Gasteiger partial charge on any atom is -0.456 e. The van der Waals surface area contributed by atoms with Gasteiger partial charge in [-0.05, 0) is 67.6 Å². The summed E-state index contributed by atoms with van der Waals surface area (Å²) in [5.74, 6) is 2.88. The second kappa shape index (κ2) is 8.14. The number of para-hydroxylation sites is 1. The number of fused-ring (bicyclic) bond motifs is 7. The molecule has 0 N–H and O–H groups in total. The molecule has 0 saturated heterocycles. The zero-order valence-electron chi connectivity index (χ0n) is 25.1. The van der Waals surface area contributed by atoms with E-state index in [1.807, 2.05) is 18.3 Å². The Balaban J connectivity index is 1.29. The standard InChI is InChI=1S/C39H26N6O/c1-23-35(26-13-15-29(41-22-26)25-17-19-40-20-18-25)24(2)45-39-36-31(44(23)45)10-7-11-32(36)46-33-16-14-28-27-8-3-4-9-30(27)43(38(28)37(33)39)34-12-5-6-21-42(34)39/h3-22H,1-2H3/q+2. The first-order valence-electron chi connectivity index (χ1n) is 15.6. The van der Waals surface area contributed by atoms with Gasteiger partial charge in [-0.1, -0.05) is 35.0 Å². The lowest BCUT2D eigenvalue weighted by molar-refractivity contribution is -0.995. The molecular weight excluding hydrogens is 568 g/mol. The molecule has 46 heavy (non-hydrogen) atoms. The van der Waals surface area contributed by atoms with Crippen molar-refractivity contribution >= 4 is 21.8 Å². The summed E-state index contributed by atoms with van der Waals surface area (Å²) in [5, 5.41) is 2.46. The molecule has 3 aliphatic heterocycles. The Kier molecular flexibility index (Phi) is 4.29. The third-order valence-electron chi connectivity index (χ3n) is 10.3. The van der Waals surface area contributed by atoms with Gasteiger partial charge in [-0.2, -0.15) is 9.13 Å². The molecule has 0 bridgehead atoms. The number of pyridine rings is 3. The molecule has 11 rings (SSSR count). The summed E-state index contributed by atoms with van der Waals surface area (Å²) in [7, 11) is 0. The number of hydrogen-bond donors (Lipinski definition) is 0. The lowest BCUT2D eigenvalue weighted by Crippen LogP contribution is -2.77. The molecule has 3 aliphatic rings. The van der Waals surface area contributed by atoms with E-state index >= 15 is 0 Å². The first-order chi connectivity index (χ1) is 22.7. The van der Waals surface area contributed by atoms with Gasteiger partial charge in [-0.15, -0.1) is 4.68 Å². The highest BCUT2D eigenvalue weighted by Gasteiger charge is 2.69. The Bertz CT molecular complexity index is 2630. The van der Waals surface area contributed by atoms with Gasteiger partial charge in [-0.3, -0.25) is 9.97 Å². The molecule has 0 saturated carbocycles. The Morgan fingerprint density at radius 2 is 1.59 bits per heavy atom. The second-order valence-electron chi connectivity index (χ2n) is 12.4. The highest BCUT2D eigenvalue weighted by atomic mass is 16.5. The molecular formula is C39H26N6O+2. The number of rotatable bonds is 2. The van der Waals surface area contributed by atoms with Crippen LogP contribution in [-0.4, -0.2) is 19.2 Å². The average molecular weight is 595 g/mol. The zero-order chi connectivity index (χ0) is 30.3. The third kappa shape index (κ3) is 2.60. The van der Waals surface area contributed by atoms with Gasteiger partial charge >= 0.3 is 5.66 Å². The van der Waals surface area contributed by atoms with E-state index in [-0.39, 0.29) is 0 Å². The molecule has 1 atom stereocenters. The van der Waals surface area contributed by atoms with Crippen LogP contribution in [0, 0.1) is 13.8 Å². The van der Waals surface area contributed by atoms with E-state index in [1.54, 1.807) is 12.4 Å². The average Bonchev–Trinajstić information content (AvgIpc) is 3.70. The fraction of sp³-hybridized carbons (Fsp3) is 0.0769. The largest absolute Gasteiger partial charge is 0.456 e. The molecule has 5 aromatic heterocycles. The minimum absolute atomic E-state index is 0.711. The summed E-state index contributed by atoms with van der Waals surface area (Å²) < 4.78 is 16.6. The topological polar surface area (TPSA) is 52.6 Å². The van der Waals surface area contributed by atoms with Gasteiger partial charge in [-0.25, -0.2) is 0 Å². The molecule has 7 nitrogen and oxygen atoms in total. The van der Waals surface area contributed by atoms with Crippen LogP contribution >= 0.6 is 0 Å². The van der Waals surface area contributed by atoms with Crippen LogP contribution in [0.25, 0.3) is 55.7 Å². The highest BCUT2D eigenvalue weighted by Crippen LogP contribution is 2.56. The SMILES string of the molecule is Cc1c(-c2ccc(-c3ccncc3)nc2)c(C)[n+]2n1-c1cccc3c1C21c2c(ccc4c5ccccc5n(c24)-c2cccc[n+]21)O3. The monoisotopic (exact) mass is 594 g/mol. The molecule has 1 spiro atoms. The summed E-state index contributed by atoms with van der Waals surface area (Å²) in [6.45, 7) is 4.47. The Morgan fingerprint density at radius 3 is 2.46 bits per heavy atom. The predicted molar refractivity (Wildman–Crippen MR) is 175 cm³/mol. The van der Waals surface area contributed by atoms with E-state index in [0.29, 0.717) is 0 Å². The summed E-state index contributed by atoms with van der Waals surface area (Å²) in [6, 6.07) is 34.4. The van der Waals surface area contributed by atoms with E-state index in [9.17, 15) is 0 Å². The van der Waals surface area contributed by atoms with Crippen LogP contribution < -0.4 is 14.0 Å². The van der Waals surface area contributed by atoms with E-state index in [4.69, 9.17) is 9.72 Å². The fourth-order valence-corrected chi connectivity index (χ4v) is 8.62. The summed E-state index contributed by atoms with van der Waals surface area (Å²) >= 11 is 0. The smallest absolute Gasteiger partial charge is 0.397 e. The van der Waals surface area contributed by atoms with Crippen molar-refractivity contribution in [1.29, 1.82) is 0 Å². The molecule has 0 fully saturated rings. The molecule has 3 aromatic carbocycles. The van der Waals surface area contributed by atoms with Gasteiger partial charge in [0.1, 0.15) is 28.3 Å². The minimum atomic E-state index is -0.711. The lowest BCUT2D eigenvalue weighted by atomic mass is 9.84. The van der Waals surface area contributed by atoms with Gasteiger partial charge in [0.15, 0.2) is 11.1 Å². The molecule has 7 heteroatoms. The van der Waals surface area contributed by atoms with Gasteiger partial charge in [0.25, 0.3) is 5.82 Å². The molecule has 216 valence electrons. The number of aromatic nitrogens is 6. The van der Waals surface area contributed by atoms with E-state index < -0.39 is 5.66 Å². The van der Waals surface area contributed by atoms with Crippen molar-refractivity contribution in [3.8, 4) is 45.4 Å². The highest BCUT2D eigenvalue weighted by molar-refractivity contribution is 6.11. The zero-order valence-corrected chi connectivity index (χ0v) is 25.1. The summed E-state index contributed by atoms with van der Waals surface area (Å²) in [6.07, 6.45) is 7.85. The molecule has 0 amide bonds. The van der Waals surface area contributed by atoms with Crippen molar-refractivity contribution in [2.45, 2.75) is 19.5 Å². The van der Waals surface area contributed by atoms with Crippen molar-refractivity contribution in [2.75, 3.05) is 0 Å². The van der Waals surface area contributed by atoms with Crippen LogP contribution in [0.15, 0.2) is 122 Å². The predicted octanol–water partition coefficient (Wildman–Crippen LogP) is 6.92. The number of hydrogen-bond acceptors (Lipinski definition) is 3. The summed E-state index contributed by atoms with van der Waals surface area (Å²) in [4.78, 5) is 9.08. The van der Waals surface area contributed by atoms with Crippen LogP contribution in [0.4, 0.5) is 0 Å². The van der Waals surface area contributed by atoms with Crippen LogP contribution in [0.3, 0.4) is 0 Å². The maximum atomic E-state index is 6.82. The Labute approximate surface area is 263 Å².